The molecule has 0 aliphatic carbocycles. The van der Waals surface area contributed by atoms with E-state index in [1.807, 2.05) is 0 Å². The average molecular weight is 557 g/mol. The maximum absolute atomic E-state index is 14.5. The summed E-state index contributed by atoms with van der Waals surface area (Å²) in [5, 5.41) is 37.4. The highest BCUT2D eigenvalue weighted by Crippen LogP contribution is 2.27. The van der Waals surface area contributed by atoms with E-state index in [1.54, 1.807) is 39.0 Å². The molecule has 2 aromatic heterocycles. The van der Waals surface area contributed by atoms with Crippen molar-refractivity contribution < 1.29 is 37.7 Å². The zero-order valence-electron chi connectivity index (χ0n) is 22.5. The second kappa shape index (κ2) is 12.0. The first-order valence-corrected chi connectivity index (χ1v) is 12.8. The van der Waals surface area contributed by atoms with Crippen LogP contribution in [0, 0.1) is 23.2 Å². The number of hydrogen-bond donors (Lipinski definition) is 1. The van der Waals surface area contributed by atoms with Gasteiger partial charge in [0.05, 0.1) is 31.4 Å². The Bertz CT molecular complexity index is 1570. The van der Waals surface area contributed by atoms with Crippen molar-refractivity contribution in [3.8, 4) is 5.75 Å². The number of carbonyl (C=O) groups excluding carboxylic acids is 2. The number of esters is 2. The molecule has 0 saturated carbocycles. The fraction of sp³-hybridized carbons (Fsp3) is 0.385. The number of hydrogen-bond acceptors (Lipinski definition) is 10. The Morgan fingerprint density at radius 3 is 2.48 bits per heavy atom. The highest BCUT2D eigenvalue weighted by Gasteiger charge is 2.28. The van der Waals surface area contributed by atoms with Gasteiger partial charge in [-0.05, 0) is 39.3 Å². The van der Waals surface area contributed by atoms with Crippen LogP contribution >= 0.6 is 0 Å². The van der Waals surface area contributed by atoms with Crippen LogP contribution in [0.5, 0.6) is 5.75 Å². The van der Waals surface area contributed by atoms with Gasteiger partial charge in [-0.15, -0.1) is 5.10 Å². The minimum absolute atomic E-state index is 0.0297. The smallest absolute Gasteiger partial charge is 0.352 e. The maximum Gasteiger partial charge on any atom is 0.352 e. The van der Waals surface area contributed by atoms with E-state index >= 15 is 0 Å². The number of carbonyl (C=O) groups is 2. The fourth-order valence-corrected chi connectivity index (χ4v) is 4.26. The van der Waals surface area contributed by atoms with Crippen LogP contribution in [0.2, 0.25) is 0 Å². The van der Waals surface area contributed by atoms with Crippen molar-refractivity contribution in [1.82, 2.24) is 15.0 Å². The van der Waals surface area contributed by atoms with Crippen molar-refractivity contribution in [3.05, 3.63) is 52.3 Å². The van der Waals surface area contributed by atoms with E-state index in [9.17, 15) is 24.4 Å². The number of ether oxygens (including phenoxy) is 3. The molecule has 0 radical (unpaired) electrons. The lowest BCUT2D eigenvalue weighted by Crippen LogP contribution is -2.43. The lowest BCUT2D eigenvalue weighted by Gasteiger charge is -2.17. The quantitative estimate of drug-likeness (QED) is 0.165. The summed E-state index contributed by atoms with van der Waals surface area (Å²) in [5.74, 6) is -2.11. The normalized spacial score (nSPS) is 11.9. The van der Waals surface area contributed by atoms with Crippen LogP contribution in [0.1, 0.15) is 45.3 Å². The Labute approximate surface area is 228 Å². The molecule has 2 heterocycles. The molecular weight excluding hydrogens is 527 g/mol. The number of benzene rings is 2. The van der Waals surface area contributed by atoms with Crippen LogP contribution < -0.4 is 19.5 Å². The Kier molecular flexibility index (Phi) is 8.46. The van der Waals surface area contributed by atoms with Crippen molar-refractivity contribution in [2.45, 2.75) is 46.6 Å². The van der Waals surface area contributed by atoms with Crippen LogP contribution in [-0.2, 0) is 19.1 Å². The molecule has 0 amide bonds. The van der Waals surface area contributed by atoms with Gasteiger partial charge in [-0.2, -0.15) is 4.73 Å². The minimum atomic E-state index is -0.970. The van der Waals surface area contributed by atoms with Crippen LogP contribution in [0.25, 0.3) is 22.1 Å². The van der Waals surface area contributed by atoms with E-state index in [4.69, 9.17) is 14.2 Å². The molecule has 4 aromatic rings. The topological polar surface area (TPSA) is 158 Å². The lowest BCUT2D eigenvalue weighted by atomic mass is 10.1. The molecule has 0 spiro atoms. The van der Waals surface area contributed by atoms with Crippen LogP contribution in [0.15, 0.2) is 30.3 Å². The Hall–Kier alpha value is -4.75. The summed E-state index contributed by atoms with van der Waals surface area (Å²) in [6, 6.07) is 5.97. The van der Waals surface area contributed by atoms with E-state index in [1.165, 1.54) is 17.7 Å². The summed E-state index contributed by atoms with van der Waals surface area (Å²) >= 11 is 0. The third kappa shape index (κ3) is 5.51. The molecule has 2 aromatic carbocycles. The molecule has 0 aliphatic heterocycles. The number of nitrogens with zero attached hydrogens (tertiary/aromatic N) is 5. The van der Waals surface area contributed by atoms with Crippen LogP contribution in [-0.4, -0.2) is 46.8 Å². The number of anilines is 2. The Morgan fingerprint density at radius 1 is 1.05 bits per heavy atom. The zero-order valence-corrected chi connectivity index (χ0v) is 22.5. The van der Waals surface area contributed by atoms with Crippen molar-refractivity contribution in [3.63, 3.8) is 0 Å². The molecule has 1 unspecified atom stereocenters. The van der Waals surface area contributed by atoms with Crippen molar-refractivity contribution in [2.75, 3.05) is 25.1 Å². The monoisotopic (exact) mass is 556 g/mol. The van der Waals surface area contributed by atoms with Gasteiger partial charge >= 0.3 is 17.8 Å². The van der Waals surface area contributed by atoms with Gasteiger partial charge in [-0.3, -0.25) is 4.79 Å². The van der Waals surface area contributed by atoms with Gasteiger partial charge in [0.15, 0.2) is 17.6 Å². The zero-order chi connectivity index (χ0) is 29.0. The largest absolute Gasteiger partial charge is 0.710 e. The van der Waals surface area contributed by atoms with E-state index in [0.717, 1.165) is 6.07 Å². The molecule has 0 fully saturated rings. The van der Waals surface area contributed by atoms with Gasteiger partial charge in [0.1, 0.15) is 11.2 Å². The van der Waals surface area contributed by atoms with E-state index in [0.29, 0.717) is 26.2 Å². The second-order valence-electron chi connectivity index (χ2n) is 8.70. The molecule has 14 heteroatoms. The van der Waals surface area contributed by atoms with E-state index in [2.05, 4.69) is 15.6 Å². The predicted octanol–water partition coefficient (Wildman–Crippen LogP) is 2.89. The molecule has 0 aliphatic rings. The average Bonchev–Trinajstić information content (AvgIpc) is 3.34. The van der Waals surface area contributed by atoms with Gasteiger partial charge < -0.3 is 24.6 Å². The maximum atomic E-state index is 14.5. The summed E-state index contributed by atoms with van der Waals surface area (Å²) in [6.45, 7) is 7.00. The van der Waals surface area contributed by atoms with Gasteiger partial charge in [-0.1, -0.05) is 5.21 Å². The number of nitrogens with one attached hydrogen (secondary N) is 1. The number of halogens is 1. The van der Waals surface area contributed by atoms with Crippen LogP contribution in [0.3, 0.4) is 0 Å². The standard InChI is InChI=1S/C26H29FN6O7/c1-5-38-23-14-22-21(13-17(23)27)33(37)25(15(4)32(22)36)28-16-8-9-18-20(12-16)31(30-29-18)19(26(35)40-7-3)10-11-24(34)39-6-2/h8-9,12-14,19,28H,5-7,10-11H2,1-4H3. The van der Waals surface area contributed by atoms with Crippen LogP contribution in [0.4, 0.5) is 15.9 Å². The minimum Gasteiger partial charge on any atom is -0.710 e. The fourth-order valence-electron chi connectivity index (χ4n) is 4.26. The highest BCUT2D eigenvalue weighted by molar-refractivity contribution is 5.83. The Morgan fingerprint density at radius 2 is 1.77 bits per heavy atom. The second-order valence-corrected chi connectivity index (χ2v) is 8.70. The van der Waals surface area contributed by atoms with Gasteiger partial charge in [-0.25, -0.2) is 23.9 Å². The summed E-state index contributed by atoms with van der Waals surface area (Å²) in [5.41, 5.74) is 0.984. The van der Waals surface area contributed by atoms with Crippen molar-refractivity contribution in [1.29, 1.82) is 0 Å². The third-order valence-corrected chi connectivity index (χ3v) is 6.13. The van der Waals surface area contributed by atoms with Crippen molar-refractivity contribution in [2.24, 2.45) is 0 Å². The van der Waals surface area contributed by atoms with Gasteiger partial charge in [0, 0.05) is 25.5 Å². The van der Waals surface area contributed by atoms with Gasteiger partial charge in [0.25, 0.3) is 11.2 Å². The molecule has 0 saturated heterocycles. The molecule has 0 bridgehead atoms. The molecule has 13 nitrogen and oxygen atoms in total. The number of aromatic nitrogens is 5. The first-order chi connectivity index (χ1) is 19.2. The molecule has 212 valence electrons. The number of fused-ring (bicyclic) bond motifs is 2. The summed E-state index contributed by atoms with van der Waals surface area (Å²) in [4.78, 5) is 24.7. The number of rotatable bonds is 11. The first-order valence-electron chi connectivity index (χ1n) is 12.8. The molecular formula is C26H29FN6O7. The summed E-state index contributed by atoms with van der Waals surface area (Å²) in [6.07, 6.45) is 0.0117. The third-order valence-electron chi connectivity index (χ3n) is 6.13. The molecule has 1 atom stereocenters. The molecule has 4 rings (SSSR count). The summed E-state index contributed by atoms with van der Waals surface area (Å²) in [7, 11) is 0. The first kappa shape index (κ1) is 28.3. The van der Waals surface area contributed by atoms with E-state index < -0.39 is 23.8 Å². The SMILES string of the molecule is CCOC(=O)CCC(C(=O)OCC)n1nnc2ccc(Nc3c(C)[n+]([O-])c4cc(OCC)c(F)cc4[n+]3[O-])cc21. The predicted molar refractivity (Wildman–Crippen MR) is 140 cm³/mol. The van der Waals surface area contributed by atoms with Gasteiger partial charge in [0.2, 0.25) is 5.52 Å². The summed E-state index contributed by atoms with van der Waals surface area (Å²) < 4.78 is 32.2. The Balaban J connectivity index is 1.73. The lowest BCUT2D eigenvalue weighted by molar-refractivity contribution is -0.623. The van der Waals surface area contributed by atoms with Crippen molar-refractivity contribution >= 4 is 45.5 Å². The molecule has 1 N–H and O–H groups in total. The molecule has 40 heavy (non-hydrogen) atoms. The highest BCUT2D eigenvalue weighted by atomic mass is 19.1. The van der Waals surface area contributed by atoms with E-state index in [-0.39, 0.29) is 61.0 Å².